The van der Waals surface area contributed by atoms with E-state index in [1.807, 2.05) is 0 Å². The number of aliphatic imine (C=N–C) groups is 1. The summed E-state index contributed by atoms with van der Waals surface area (Å²) in [5.41, 5.74) is -3.34. The number of nitrogens with one attached hydrogen (secondary N) is 1. The summed E-state index contributed by atoms with van der Waals surface area (Å²) in [6.07, 6.45) is 10.3. The summed E-state index contributed by atoms with van der Waals surface area (Å²) in [5, 5.41) is 55.7. The van der Waals surface area contributed by atoms with E-state index in [9.17, 15) is 39.6 Å². The van der Waals surface area contributed by atoms with Gasteiger partial charge in [-0.1, -0.05) is 19.8 Å². The van der Waals surface area contributed by atoms with Crippen LogP contribution in [0, 0.1) is 6.92 Å². The molecular weight excluding hydrogens is 828 g/mol. The number of carbonyl (C=O) groups excluding carboxylic acids is 2. The minimum absolute atomic E-state index is 0. The van der Waals surface area contributed by atoms with Crippen molar-refractivity contribution in [3.8, 4) is 0 Å². The molecule has 6 aliphatic rings. The van der Waals surface area contributed by atoms with Crippen LogP contribution >= 0.6 is 0 Å². The number of nitrogens with zero attached hydrogens (tertiary/aromatic N) is 3. The summed E-state index contributed by atoms with van der Waals surface area (Å²) in [7, 11) is 0.750. The van der Waals surface area contributed by atoms with E-state index in [1.165, 1.54) is 23.9 Å². The fraction of sp³-hybridized carbons (Fsp3) is 0.763. The fourth-order valence-electron chi connectivity index (χ4n) is 8.17. The molecule has 6 atom stereocenters. The second kappa shape index (κ2) is 26.0. The maximum atomic E-state index is 12.3. The molecule has 2 aliphatic carbocycles. The van der Waals surface area contributed by atoms with Crippen LogP contribution in [0.15, 0.2) is 32.6 Å². The molecule has 6 fully saturated rings. The largest absolute Gasteiger partial charge is 1.00 e. The number of aryl methyl sites for hydroxylation is 1. The summed E-state index contributed by atoms with van der Waals surface area (Å²) in [4.78, 5) is 52.8. The first-order valence-corrected chi connectivity index (χ1v) is 19.4. The number of hydrogen-bond acceptors (Lipinski definition) is 18. The average molecular weight is 889 g/mol. The molecule has 336 valence electrons. The zero-order chi connectivity index (χ0) is 42.7. The van der Waals surface area contributed by atoms with E-state index >= 15 is 0 Å². The maximum absolute atomic E-state index is 12.3. The average Bonchev–Trinajstić information content (AvgIpc) is 3.96. The molecule has 4 aliphatic heterocycles. The first-order valence-electron chi connectivity index (χ1n) is 19.4. The summed E-state index contributed by atoms with van der Waals surface area (Å²) >= 11 is 0. The van der Waals surface area contributed by atoms with E-state index in [-0.39, 0.29) is 77.4 Å². The van der Waals surface area contributed by atoms with E-state index in [4.69, 9.17) is 38.6 Å². The van der Waals surface area contributed by atoms with Crippen LogP contribution in [0.5, 0.6) is 0 Å². The summed E-state index contributed by atoms with van der Waals surface area (Å²) in [6.45, 7) is 4.86. The fourth-order valence-corrected chi connectivity index (χ4v) is 8.17. The van der Waals surface area contributed by atoms with Gasteiger partial charge in [0.15, 0.2) is 17.8 Å². The zero-order valence-electron chi connectivity index (χ0n) is 35.9. The predicted molar refractivity (Wildman–Crippen MR) is 205 cm³/mol. The minimum atomic E-state index is -1.39. The molecule has 1 aromatic rings. The monoisotopic (exact) mass is 888 g/mol. The van der Waals surface area contributed by atoms with Gasteiger partial charge in [-0.15, -0.1) is 0 Å². The molecule has 1 aromatic heterocycles. The number of allylic oxidation sites excluding steroid dienone is 1. The molecule has 0 radical (unpaired) electrons. The van der Waals surface area contributed by atoms with Gasteiger partial charge < -0.3 is 79.7 Å². The number of hydrogen-bond donors (Lipinski definition) is 7. The molecule has 23 heteroatoms. The van der Waals surface area contributed by atoms with Gasteiger partial charge in [-0.2, -0.15) is 18.9 Å². The Balaban J connectivity index is 0.000000508. The Bertz CT molecular complexity index is 1660. The number of aromatic nitrogens is 2. The Labute approximate surface area is 398 Å². The number of aliphatic hydroxyl groups excluding tert-OH is 5. The van der Waals surface area contributed by atoms with Crippen molar-refractivity contribution in [2.75, 3.05) is 46.7 Å². The van der Waals surface area contributed by atoms with Crippen molar-refractivity contribution in [3.05, 3.63) is 44.4 Å². The van der Waals surface area contributed by atoms with Crippen molar-refractivity contribution >= 4 is 19.4 Å². The van der Waals surface area contributed by atoms with Crippen LogP contribution in [0.2, 0.25) is 0 Å². The Kier molecular flexibility index (Phi) is 24.6. The van der Waals surface area contributed by atoms with Gasteiger partial charge in [0.2, 0.25) is 0 Å². The molecule has 21 nitrogen and oxygen atoms in total. The van der Waals surface area contributed by atoms with E-state index in [2.05, 4.69) is 16.7 Å². The van der Waals surface area contributed by atoms with Gasteiger partial charge in [-0.3, -0.25) is 19.3 Å². The van der Waals surface area contributed by atoms with Crippen molar-refractivity contribution in [1.29, 1.82) is 0 Å². The van der Waals surface area contributed by atoms with Crippen LogP contribution in [-0.2, 0) is 38.0 Å². The van der Waals surface area contributed by atoms with Gasteiger partial charge in [0.1, 0.15) is 41.8 Å². The molecule has 2 spiro atoms. The molecule has 7 rings (SSSR count). The Hall–Kier alpha value is -1.29. The summed E-state index contributed by atoms with van der Waals surface area (Å²) in [5.74, 6) is -1.55. The second-order valence-corrected chi connectivity index (χ2v) is 15.0. The number of aromatic amines is 1. The van der Waals surface area contributed by atoms with Crippen LogP contribution in [-0.4, -0.2) is 160 Å². The molecule has 61 heavy (non-hydrogen) atoms. The van der Waals surface area contributed by atoms with Gasteiger partial charge >= 0.3 is 64.8 Å². The quantitative estimate of drug-likeness (QED) is 0.0357. The second-order valence-electron chi connectivity index (χ2n) is 15.0. The maximum Gasteiger partial charge on any atom is 1.00 e. The van der Waals surface area contributed by atoms with Gasteiger partial charge in [-0.25, -0.2) is 4.79 Å². The van der Waals surface area contributed by atoms with Crippen LogP contribution in [0.25, 0.3) is 0 Å². The molecule has 0 aromatic carbocycles. The molecule has 9 N–H and O–H groups in total. The van der Waals surface area contributed by atoms with Crippen molar-refractivity contribution < 1.29 is 128 Å². The Morgan fingerprint density at radius 2 is 1.33 bits per heavy atom. The number of amides is 1. The van der Waals surface area contributed by atoms with Crippen molar-refractivity contribution in [3.63, 3.8) is 0 Å². The summed E-state index contributed by atoms with van der Waals surface area (Å²) in [6, 6.07) is 0. The third-order valence-electron chi connectivity index (χ3n) is 11.1. The zero-order valence-corrected chi connectivity index (χ0v) is 39.9. The third-order valence-corrected chi connectivity index (χ3v) is 11.1. The van der Waals surface area contributed by atoms with E-state index < -0.39 is 97.3 Å². The van der Waals surface area contributed by atoms with Crippen molar-refractivity contribution in [2.45, 2.75) is 138 Å². The molecule has 2 unspecified atom stereocenters. The molecule has 0 bridgehead atoms. The summed E-state index contributed by atoms with van der Waals surface area (Å²) < 4.78 is 37.7. The molecule has 2 saturated carbocycles. The smallest absolute Gasteiger partial charge is 0.857 e. The number of ether oxygens (including phenoxy) is 6. The molecule has 1 amide bonds. The van der Waals surface area contributed by atoms with Crippen LogP contribution in [0.4, 0.5) is 0 Å². The van der Waals surface area contributed by atoms with E-state index in [0.717, 1.165) is 63.4 Å². The van der Waals surface area contributed by atoms with E-state index in [0.29, 0.717) is 24.9 Å². The molecular formula is C38H60N5Na2O16-. The molecule has 5 heterocycles. The number of H-pyrrole nitrogens is 1. The van der Waals surface area contributed by atoms with Crippen molar-refractivity contribution in [1.82, 2.24) is 20.6 Å². The topological polar surface area (TPSA) is 319 Å². The third kappa shape index (κ3) is 12.5. The first kappa shape index (κ1) is 57.7. The normalized spacial score (nSPS) is 28.0. The number of fused-ring (bicyclic) bond motifs is 2. The van der Waals surface area contributed by atoms with E-state index in [1.54, 1.807) is 19.6 Å². The minimum Gasteiger partial charge on any atom is -0.857 e. The van der Waals surface area contributed by atoms with Crippen LogP contribution in [0.1, 0.15) is 82.9 Å². The first-order chi connectivity index (χ1) is 27.9. The number of aliphatic hydroxyl groups is 5. The van der Waals surface area contributed by atoms with Gasteiger partial charge in [0, 0.05) is 37.4 Å². The SMILES string of the molecule is C=NCCO.CC([C-]=O)=CN([C-]=O)[C@@H]1OC(CO)(CO)[C@@H]2OC3(CCCCC3)OC12.C[O-].Cc1cn([C@@H]2OC(CO)(CO)[C@@H]3OC4(CCCCC4)OC23)c(=O)[nH]c1=O.N.[Na+].[Na+]. The van der Waals surface area contributed by atoms with Gasteiger partial charge in [0.25, 0.3) is 5.56 Å². The van der Waals surface area contributed by atoms with Gasteiger partial charge in [-0.05, 0) is 45.6 Å². The van der Waals surface area contributed by atoms with Crippen LogP contribution in [0.3, 0.4) is 0 Å². The predicted octanol–water partition coefficient (Wildman–Crippen LogP) is -7.74. The van der Waals surface area contributed by atoms with Crippen molar-refractivity contribution in [2.24, 2.45) is 4.99 Å². The van der Waals surface area contributed by atoms with Crippen LogP contribution < -0.4 is 81.6 Å². The standard InChI is InChI=1S/C17H24N2O7.C17H23NO7.C3H7NO.CH3O.H3N.2Na/c1-10-7-19(15(23)18-13(10)22)14-11-12(16(8-20,9-21)26-14)25-17(24-11)5-3-2-4-6-17;1-12(8-19)7-18(11-22)15-13-14(16(9-20,10-21)25-15)24-17(23-13)5-3-2-4-6-17;1-4-2-3-5;1-2;;;/h7,11-12,14,20-21H,2-6,8-9H2,1H3,(H,18,22,23);7,13-15,20-21H,2-6,9-10H2,1H3;5H,1-3H2;1H3;1H3;;/q;-2;;-1;;2*+1/t11?,12-,14-;13?,14-,15-;;;;;/m11...../s1. The number of rotatable bonds is 11. The Morgan fingerprint density at radius 3 is 1.75 bits per heavy atom. The molecule has 4 saturated heterocycles. The van der Waals surface area contributed by atoms with Gasteiger partial charge in [0.05, 0.1) is 46.0 Å². The Morgan fingerprint density at radius 1 is 0.852 bits per heavy atom.